The van der Waals surface area contributed by atoms with Crippen molar-refractivity contribution in [3.63, 3.8) is 0 Å². The summed E-state index contributed by atoms with van der Waals surface area (Å²) in [6.45, 7) is 0.592. The van der Waals surface area contributed by atoms with Crippen molar-refractivity contribution in [2.45, 2.75) is 6.54 Å². The molecule has 0 atom stereocenters. The largest absolute Gasteiger partial charge is 0.316 e. The van der Waals surface area contributed by atoms with Crippen molar-refractivity contribution in [3.8, 4) is 11.1 Å². The zero-order chi connectivity index (χ0) is 13.1. The van der Waals surface area contributed by atoms with Crippen molar-refractivity contribution >= 4 is 11.6 Å². The number of benzene rings is 2. The van der Waals surface area contributed by atoms with E-state index in [1.807, 2.05) is 6.07 Å². The maximum Gasteiger partial charge on any atom is 0.131 e. The van der Waals surface area contributed by atoms with Gasteiger partial charge in [0.05, 0.1) is 5.02 Å². The van der Waals surface area contributed by atoms with Gasteiger partial charge in [0.2, 0.25) is 0 Å². The first-order chi connectivity index (χ1) is 8.61. The van der Waals surface area contributed by atoms with Gasteiger partial charge in [-0.15, -0.1) is 0 Å². The highest BCUT2D eigenvalue weighted by Crippen LogP contribution is 2.30. The second-order valence-electron chi connectivity index (χ2n) is 3.97. The summed E-state index contributed by atoms with van der Waals surface area (Å²) in [6.07, 6.45) is 0. The number of hydrogen-bond donors (Lipinski definition) is 1. The number of rotatable bonds is 3. The maximum atomic E-state index is 14.0. The van der Waals surface area contributed by atoms with Crippen molar-refractivity contribution in [1.82, 2.24) is 5.32 Å². The Morgan fingerprint density at radius 1 is 1.06 bits per heavy atom. The van der Waals surface area contributed by atoms with Crippen molar-refractivity contribution in [3.05, 3.63) is 58.6 Å². The molecule has 18 heavy (non-hydrogen) atoms. The predicted octanol–water partition coefficient (Wildman–Crippen LogP) is 4.00. The SMILES string of the molecule is CNCc1ccc(-c2ccc(F)cc2Cl)c(F)c1. The zero-order valence-corrected chi connectivity index (χ0v) is 10.6. The molecule has 1 N–H and O–H groups in total. The summed E-state index contributed by atoms with van der Waals surface area (Å²) in [4.78, 5) is 0. The maximum absolute atomic E-state index is 14.0. The van der Waals surface area contributed by atoms with Crippen LogP contribution in [0, 0.1) is 11.6 Å². The lowest BCUT2D eigenvalue weighted by Crippen LogP contribution is -2.05. The molecule has 0 aliphatic carbocycles. The molecular weight excluding hydrogens is 256 g/mol. The van der Waals surface area contributed by atoms with Gasteiger partial charge in [-0.1, -0.05) is 23.7 Å². The summed E-state index contributed by atoms with van der Waals surface area (Å²) in [6, 6.07) is 8.84. The molecule has 94 valence electrons. The fraction of sp³-hybridized carbons (Fsp3) is 0.143. The quantitative estimate of drug-likeness (QED) is 0.886. The molecule has 0 heterocycles. The van der Waals surface area contributed by atoms with Crippen LogP contribution in [-0.2, 0) is 6.54 Å². The minimum Gasteiger partial charge on any atom is -0.316 e. The van der Waals surface area contributed by atoms with Gasteiger partial charge in [0.15, 0.2) is 0 Å². The number of hydrogen-bond acceptors (Lipinski definition) is 1. The second kappa shape index (κ2) is 5.46. The monoisotopic (exact) mass is 267 g/mol. The molecule has 0 saturated heterocycles. The molecular formula is C14H12ClF2N. The summed E-state index contributed by atoms with van der Waals surface area (Å²) < 4.78 is 26.9. The van der Waals surface area contributed by atoms with Crippen LogP contribution in [0.5, 0.6) is 0 Å². The fourth-order valence-electron chi connectivity index (χ4n) is 1.80. The van der Waals surface area contributed by atoms with Crippen LogP contribution >= 0.6 is 11.6 Å². The summed E-state index contributed by atoms with van der Waals surface area (Å²) in [7, 11) is 1.79. The van der Waals surface area contributed by atoms with Crippen molar-refractivity contribution < 1.29 is 8.78 Å². The van der Waals surface area contributed by atoms with E-state index in [-0.39, 0.29) is 10.8 Å². The van der Waals surface area contributed by atoms with Crippen LogP contribution in [0.2, 0.25) is 5.02 Å². The van der Waals surface area contributed by atoms with Gasteiger partial charge >= 0.3 is 0 Å². The third-order valence-corrected chi connectivity index (χ3v) is 2.95. The summed E-state index contributed by atoms with van der Waals surface area (Å²) in [5, 5.41) is 3.15. The topological polar surface area (TPSA) is 12.0 Å². The highest BCUT2D eigenvalue weighted by Gasteiger charge is 2.10. The average molecular weight is 268 g/mol. The number of halogens is 3. The van der Waals surface area contributed by atoms with Gasteiger partial charge in [0.1, 0.15) is 11.6 Å². The first-order valence-electron chi connectivity index (χ1n) is 5.50. The van der Waals surface area contributed by atoms with Gasteiger partial charge in [0.25, 0.3) is 0 Å². The Bertz CT molecular complexity index is 570. The Morgan fingerprint density at radius 3 is 2.39 bits per heavy atom. The van der Waals surface area contributed by atoms with Crippen molar-refractivity contribution in [1.29, 1.82) is 0 Å². The molecule has 0 spiro atoms. The molecule has 2 rings (SSSR count). The molecule has 0 saturated carbocycles. The molecule has 2 aromatic carbocycles. The summed E-state index contributed by atoms with van der Waals surface area (Å²) in [5.74, 6) is -0.799. The van der Waals surface area contributed by atoms with Crippen molar-refractivity contribution in [2.24, 2.45) is 0 Å². The van der Waals surface area contributed by atoms with E-state index in [1.165, 1.54) is 24.3 Å². The second-order valence-corrected chi connectivity index (χ2v) is 4.38. The van der Waals surface area contributed by atoms with Crippen LogP contribution in [-0.4, -0.2) is 7.05 Å². The Labute approximate surface area is 109 Å². The summed E-state index contributed by atoms with van der Waals surface area (Å²) in [5.41, 5.74) is 1.71. The van der Waals surface area contributed by atoms with E-state index in [0.717, 1.165) is 5.56 Å². The Balaban J connectivity index is 2.44. The van der Waals surface area contributed by atoms with E-state index in [1.54, 1.807) is 13.1 Å². The first-order valence-corrected chi connectivity index (χ1v) is 5.88. The average Bonchev–Trinajstić information content (AvgIpc) is 2.31. The molecule has 0 radical (unpaired) electrons. The molecule has 0 aromatic heterocycles. The predicted molar refractivity (Wildman–Crippen MR) is 69.6 cm³/mol. The zero-order valence-electron chi connectivity index (χ0n) is 9.81. The van der Waals surface area contributed by atoms with Gasteiger partial charge in [-0.05, 0) is 36.9 Å². The van der Waals surface area contributed by atoms with Crippen LogP contribution in [0.15, 0.2) is 36.4 Å². The first kappa shape index (κ1) is 13.0. The normalized spacial score (nSPS) is 10.7. The fourth-order valence-corrected chi connectivity index (χ4v) is 2.07. The van der Waals surface area contributed by atoms with Crippen LogP contribution in [0.1, 0.15) is 5.56 Å². The Hall–Kier alpha value is -1.45. The van der Waals surface area contributed by atoms with Gasteiger partial charge < -0.3 is 5.32 Å². The van der Waals surface area contributed by atoms with Crippen molar-refractivity contribution in [2.75, 3.05) is 7.05 Å². The lowest BCUT2D eigenvalue weighted by molar-refractivity contribution is 0.624. The van der Waals surface area contributed by atoms with Gasteiger partial charge in [-0.2, -0.15) is 0 Å². The molecule has 0 aliphatic heterocycles. The minimum atomic E-state index is -0.434. The van der Waals surface area contributed by atoms with E-state index in [9.17, 15) is 8.78 Å². The molecule has 0 amide bonds. The van der Waals surface area contributed by atoms with Crippen LogP contribution in [0.4, 0.5) is 8.78 Å². The van der Waals surface area contributed by atoms with E-state index >= 15 is 0 Å². The molecule has 2 aromatic rings. The third kappa shape index (κ3) is 2.68. The molecule has 0 aliphatic rings. The molecule has 0 fully saturated rings. The smallest absolute Gasteiger partial charge is 0.131 e. The lowest BCUT2D eigenvalue weighted by Gasteiger charge is -2.08. The van der Waals surface area contributed by atoms with Gasteiger partial charge in [-0.25, -0.2) is 8.78 Å². The molecule has 0 unspecified atom stereocenters. The Morgan fingerprint density at radius 2 is 1.78 bits per heavy atom. The highest BCUT2D eigenvalue weighted by atomic mass is 35.5. The van der Waals surface area contributed by atoms with Crippen LogP contribution in [0.3, 0.4) is 0 Å². The number of nitrogens with one attached hydrogen (secondary N) is 1. The summed E-state index contributed by atoms with van der Waals surface area (Å²) >= 11 is 5.92. The highest BCUT2D eigenvalue weighted by molar-refractivity contribution is 6.33. The van der Waals surface area contributed by atoms with Gasteiger partial charge in [0, 0.05) is 17.7 Å². The molecule has 4 heteroatoms. The van der Waals surface area contributed by atoms with Gasteiger partial charge in [-0.3, -0.25) is 0 Å². The van der Waals surface area contributed by atoms with Crippen LogP contribution < -0.4 is 5.32 Å². The lowest BCUT2D eigenvalue weighted by atomic mass is 10.0. The van der Waals surface area contributed by atoms with E-state index in [0.29, 0.717) is 17.7 Å². The Kier molecular flexibility index (Phi) is 3.94. The van der Waals surface area contributed by atoms with E-state index in [2.05, 4.69) is 5.32 Å². The van der Waals surface area contributed by atoms with E-state index < -0.39 is 5.82 Å². The third-order valence-electron chi connectivity index (χ3n) is 2.64. The standard InChI is InChI=1S/C14H12ClF2N/c1-18-8-9-2-4-12(14(17)6-9)11-5-3-10(16)7-13(11)15/h2-7,18H,8H2,1H3. The molecule has 1 nitrogen and oxygen atoms in total. The van der Waals surface area contributed by atoms with Crippen LogP contribution in [0.25, 0.3) is 11.1 Å². The minimum absolute atomic E-state index is 0.204. The molecule has 0 bridgehead atoms. The van der Waals surface area contributed by atoms with E-state index in [4.69, 9.17) is 11.6 Å².